The number of aromatic nitrogens is 1. The van der Waals surface area contributed by atoms with Crippen molar-refractivity contribution in [1.29, 1.82) is 0 Å². The van der Waals surface area contributed by atoms with E-state index in [4.69, 9.17) is 5.73 Å². The summed E-state index contributed by atoms with van der Waals surface area (Å²) in [7, 11) is 0. The molecule has 7 heteroatoms. The topological polar surface area (TPSA) is 85.1 Å². The zero-order valence-electron chi connectivity index (χ0n) is 16.4. The zero-order chi connectivity index (χ0) is 21.6. The predicted octanol–water partition coefficient (Wildman–Crippen LogP) is 5.31. The van der Waals surface area contributed by atoms with Gasteiger partial charge in [-0.3, -0.25) is 9.59 Å². The van der Waals surface area contributed by atoms with Gasteiger partial charge in [-0.05, 0) is 23.3 Å². The lowest BCUT2D eigenvalue weighted by molar-refractivity contribution is -0.115. The number of thioether (sulfide) groups is 1. The lowest BCUT2D eigenvalue weighted by atomic mass is 10.0. The summed E-state index contributed by atoms with van der Waals surface area (Å²) in [6.07, 6.45) is 0. The van der Waals surface area contributed by atoms with Crippen LogP contribution >= 0.6 is 23.1 Å². The summed E-state index contributed by atoms with van der Waals surface area (Å²) in [6.45, 7) is 0. The number of hydrogen-bond donors (Lipinski definition) is 2. The number of rotatable bonds is 7. The Kier molecular flexibility index (Phi) is 6.45. The molecule has 4 rings (SSSR count). The average Bonchev–Trinajstić information content (AvgIpc) is 3.21. The van der Waals surface area contributed by atoms with E-state index in [0.717, 1.165) is 16.7 Å². The zero-order valence-corrected chi connectivity index (χ0v) is 18.1. The van der Waals surface area contributed by atoms with Crippen LogP contribution in [0.1, 0.15) is 10.4 Å². The third-order valence-electron chi connectivity index (χ3n) is 4.47. The van der Waals surface area contributed by atoms with Crippen molar-refractivity contribution < 1.29 is 9.59 Å². The van der Waals surface area contributed by atoms with Crippen LogP contribution in [0.3, 0.4) is 0 Å². The molecule has 2 amide bonds. The highest BCUT2D eigenvalue weighted by atomic mass is 32.2. The Bertz CT molecular complexity index is 1190. The first-order valence-corrected chi connectivity index (χ1v) is 11.3. The summed E-state index contributed by atoms with van der Waals surface area (Å²) < 4.78 is 0.673. The Morgan fingerprint density at radius 1 is 0.839 bits per heavy atom. The summed E-state index contributed by atoms with van der Waals surface area (Å²) in [5.41, 5.74) is 9.51. The maximum absolute atomic E-state index is 12.9. The minimum atomic E-state index is -0.412. The molecule has 0 saturated carbocycles. The second-order valence-electron chi connectivity index (χ2n) is 6.68. The van der Waals surface area contributed by atoms with E-state index in [1.54, 1.807) is 0 Å². The molecule has 3 N–H and O–H groups in total. The van der Waals surface area contributed by atoms with Crippen molar-refractivity contribution in [1.82, 2.24) is 4.98 Å². The van der Waals surface area contributed by atoms with Crippen molar-refractivity contribution in [3.8, 4) is 22.4 Å². The first-order valence-electron chi connectivity index (χ1n) is 9.54. The van der Waals surface area contributed by atoms with E-state index >= 15 is 0 Å². The molecule has 0 aliphatic carbocycles. The van der Waals surface area contributed by atoms with Gasteiger partial charge in [0.15, 0.2) is 4.34 Å². The number of amides is 2. The Balaban J connectivity index is 1.57. The molecule has 31 heavy (non-hydrogen) atoms. The van der Waals surface area contributed by atoms with E-state index in [2.05, 4.69) is 10.3 Å². The quantitative estimate of drug-likeness (QED) is 0.378. The molecule has 0 radical (unpaired) electrons. The van der Waals surface area contributed by atoms with Gasteiger partial charge in [0.1, 0.15) is 10.7 Å². The van der Waals surface area contributed by atoms with Gasteiger partial charge in [-0.1, -0.05) is 95.9 Å². The van der Waals surface area contributed by atoms with E-state index in [0.29, 0.717) is 20.6 Å². The number of nitrogens with two attached hydrogens (primary N) is 1. The normalized spacial score (nSPS) is 10.6. The van der Waals surface area contributed by atoms with Crippen LogP contribution in [0.25, 0.3) is 22.4 Å². The molecule has 1 heterocycles. The minimum absolute atomic E-state index is 0.135. The summed E-state index contributed by atoms with van der Waals surface area (Å²) in [5, 5.41) is 3.61. The van der Waals surface area contributed by atoms with Gasteiger partial charge in [0.25, 0.3) is 5.91 Å². The molecule has 0 fully saturated rings. The van der Waals surface area contributed by atoms with E-state index in [-0.39, 0.29) is 11.7 Å². The third kappa shape index (κ3) is 5.20. The first-order chi connectivity index (χ1) is 15.1. The number of nitrogens with zero attached hydrogens (tertiary/aromatic N) is 1. The molecule has 1 aromatic heterocycles. The number of thiazole rings is 1. The first kappa shape index (κ1) is 20.8. The smallest absolute Gasteiger partial charge is 0.256 e. The molecule has 0 aliphatic rings. The Morgan fingerprint density at radius 2 is 1.42 bits per heavy atom. The molecule has 154 valence electrons. The number of carbonyl (C=O) groups excluding carboxylic acids is 2. The minimum Gasteiger partial charge on any atom is -0.369 e. The van der Waals surface area contributed by atoms with Gasteiger partial charge >= 0.3 is 0 Å². The highest BCUT2D eigenvalue weighted by Gasteiger charge is 2.17. The Morgan fingerprint density at radius 3 is 2.03 bits per heavy atom. The van der Waals surface area contributed by atoms with Gasteiger partial charge in [-0.2, -0.15) is 0 Å². The molecule has 0 atom stereocenters. The second-order valence-corrected chi connectivity index (χ2v) is 8.90. The highest BCUT2D eigenvalue weighted by Crippen LogP contribution is 2.37. The number of hydrogen-bond acceptors (Lipinski definition) is 5. The number of primary amides is 1. The number of benzene rings is 3. The van der Waals surface area contributed by atoms with E-state index in [9.17, 15) is 9.59 Å². The van der Waals surface area contributed by atoms with Crippen molar-refractivity contribution in [3.05, 3.63) is 90.5 Å². The van der Waals surface area contributed by atoms with Crippen LogP contribution in [0.2, 0.25) is 0 Å². The van der Waals surface area contributed by atoms with Gasteiger partial charge < -0.3 is 11.1 Å². The molecule has 0 unspecified atom stereocenters. The fourth-order valence-electron chi connectivity index (χ4n) is 2.99. The molecule has 4 aromatic rings. The maximum atomic E-state index is 12.9. The average molecular weight is 446 g/mol. The van der Waals surface area contributed by atoms with Crippen molar-refractivity contribution in [2.24, 2.45) is 5.73 Å². The predicted molar refractivity (Wildman–Crippen MR) is 127 cm³/mol. The van der Waals surface area contributed by atoms with Crippen molar-refractivity contribution >= 4 is 39.9 Å². The van der Waals surface area contributed by atoms with Gasteiger partial charge in [-0.25, -0.2) is 4.98 Å². The number of nitrogens with one attached hydrogen (secondary N) is 1. The summed E-state index contributed by atoms with van der Waals surface area (Å²) in [4.78, 5) is 28.7. The maximum Gasteiger partial charge on any atom is 0.256 e. The van der Waals surface area contributed by atoms with Gasteiger partial charge in [0.05, 0.1) is 5.75 Å². The van der Waals surface area contributed by atoms with Crippen LogP contribution in [0, 0.1) is 0 Å². The Labute approximate surface area is 188 Å². The molecule has 0 aliphatic heterocycles. The van der Waals surface area contributed by atoms with Crippen molar-refractivity contribution in [2.45, 2.75) is 4.34 Å². The van der Waals surface area contributed by atoms with Gasteiger partial charge in [0, 0.05) is 11.1 Å². The van der Waals surface area contributed by atoms with E-state index in [1.165, 1.54) is 23.1 Å². The number of anilines is 1. The summed E-state index contributed by atoms with van der Waals surface area (Å²) in [6, 6.07) is 27.1. The monoisotopic (exact) mass is 445 g/mol. The lowest BCUT2D eigenvalue weighted by Crippen LogP contribution is -2.12. The van der Waals surface area contributed by atoms with Gasteiger partial charge in [0.2, 0.25) is 5.91 Å². The van der Waals surface area contributed by atoms with Crippen molar-refractivity contribution in [2.75, 3.05) is 11.1 Å². The molecular formula is C24H19N3O2S2. The molecule has 0 spiro atoms. The molecule has 0 saturated heterocycles. The van der Waals surface area contributed by atoms with Gasteiger partial charge in [-0.15, -0.1) is 0 Å². The molecular weight excluding hydrogens is 426 g/mol. The van der Waals surface area contributed by atoms with Crippen LogP contribution in [0.5, 0.6) is 0 Å². The Hall–Kier alpha value is -3.42. The van der Waals surface area contributed by atoms with Crippen LogP contribution in [-0.4, -0.2) is 22.6 Å². The fraction of sp³-hybridized carbons (Fsp3) is 0.0417. The number of carbonyl (C=O) groups is 2. The van der Waals surface area contributed by atoms with Crippen LogP contribution in [0.4, 0.5) is 5.00 Å². The van der Waals surface area contributed by atoms with Crippen LogP contribution in [0.15, 0.2) is 89.3 Å². The molecule has 3 aromatic carbocycles. The lowest BCUT2D eigenvalue weighted by Gasteiger charge is -2.07. The van der Waals surface area contributed by atoms with E-state index in [1.807, 2.05) is 84.9 Å². The summed E-state index contributed by atoms with van der Waals surface area (Å²) in [5.74, 6) is -0.492. The highest BCUT2D eigenvalue weighted by molar-refractivity contribution is 8.01. The standard InChI is InChI=1S/C24H19N3O2S2/c25-20(28)15-30-24-26-21(18-9-5-2-6-10-18)23(31-24)27-22(29)19-13-11-17(12-14-19)16-7-3-1-4-8-16/h1-14H,15H2,(H2,25,28)(H,27,29). The van der Waals surface area contributed by atoms with Crippen molar-refractivity contribution in [3.63, 3.8) is 0 Å². The van der Waals surface area contributed by atoms with Crippen LogP contribution < -0.4 is 11.1 Å². The molecule has 0 bridgehead atoms. The second kappa shape index (κ2) is 9.59. The largest absolute Gasteiger partial charge is 0.369 e. The summed E-state index contributed by atoms with van der Waals surface area (Å²) >= 11 is 2.59. The third-order valence-corrected chi connectivity index (χ3v) is 6.61. The SMILES string of the molecule is NC(=O)CSc1nc(-c2ccccc2)c(NC(=O)c2ccc(-c3ccccc3)cc2)s1. The fourth-order valence-corrected chi connectivity index (χ4v) is 4.79. The van der Waals surface area contributed by atoms with Crippen LogP contribution in [-0.2, 0) is 4.79 Å². The molecule has 5 nitrogen and oxygen atoms in total. The van der Waals surface area contributed by atoms with E-state index < -0.39 is 5.91 Å².